The van der Waals surface area contributed by atoms with Crippen molar-refractivity contribution in [2.75, 3.05) is 23.8 Å². The Morgan fingerprint density at radius 2 is 1.87 bits per heavy atom. The molecular weight excluding hydrogens is 319 g/mol. The summed E-state index contributed by atoms with van der Waals surface area (Å²) in [6.07, 6.45) is 0. The van der Waals surface area contributed by atoms with Crippen LogP contribution in [0.25, 0.3) is 10.9 Å². The molecule has 1 heterocycles. The van der Waals surface area contributed by atoms with E-state index in [1.165, 1.54) is 12.1 Å². The molecule has 0 amide bonds. The highest BCUT2D eigenvalue weighted by Gasteiger charge is 2.07. The summed E-state index contributed by atoms with van der Waals surface area (Å²) in [6, 6.07) is 13.7. The molecule has 7 heteroatoms. The molecular formula is C16H16ClFN4O. The highest BCUT2D eigenvalue weighted by Crippen LogP contribution is 2.23. The predicted octanol–water partition coefficient (Wildman–Crippen LogP) is 3.34. The normalized spacial score (nSPS) is 10.2. The minimum absolute atomic E-state index is 0. The van der Waals surface area contributed by atoms with Gasteiger partial charge >= 0.3 is 0 Å². The Hall–Kier alpha value is -2.44. The zero-order valence-corrected chi connectivity index (χ0v) is 13.0. The van der Waals surface area contributed by atoms with Crippen molar-refractivity contribution in [2.24, 2.45) is 0 Å². The number of anilines is 3. The summed E-state index contributed by atoms with van der Waals surface area (Å²) in [6.45, 7) is 0.394. The number of rotatable bonds is 5. The predicted molar refractivity (Wildman–Crippen MR) is 92.0 cm³/mol. The molecule has 0 fully saturated rings. The molecule has 0 aliphatic heterocycles. The van der Waals surface area contributed by atoms with Crippen LogP contribution < -0.4 is 10.6 Å². The summed E-state index contributed by atoms with van der Waals surface area (Å²) in [5.41, 5.74) is 1.33. The summed E-state index contributed by atoms with van der Waals surface area (Å²) < 4.78 is 13.2. The molecule has 0 aliphatic rings. The second-order valence-corrected chi connectivity index (χ2v) is 4.70. The standard InChI is InChI=1S/C16H15FN4O.ClH/c17-11-4-3-5-12(10-11)19-16-20-14-7-2-1-6-13(14)15(21-16)18-8-9-22;/h1-7,10,22H,8-9H2,(H2,18,19,20,21);1H. The minimum Gasteiger partial charge on any atom is -0.395 e. The third-order valence-electron chi connectivity index (χ3n) is 3.09. The van der Waals surface area contributed by atoms with Gasteiger partial charge in [-0.3, -0.25) is 0 Å². The fraction of sp³-hybridized carbons (Fsp3) is 0.125. The van der Waals surface area contributed by atoms with Gasteiger partial charge in [0.05, 0.1) is 12.1 Å². The second kappa shape index (κ2) is 7.71. The number of hydrogen-bond donors (Lipinski definition) is 3. The third-order valence-corrected chi connectivity index (χ3v) is 3.09. The first kappa shape index (κ1) is 16.9. The van der Waals surface area contributed by atoms with Crippen LogP contribution in [0.2, 0.25) is 0 Å². The van der Waals surface area contributed by atoms with E-state index in [4.69, 9.17) is 5.11 Å². The van der Waals surface area contributed by atoms with Gasteiger partial charge in [-0.25, -0.2) is 9.37 Å². The minimum atomic E-state index is -0.329. The SMILES string of the molecule is Cl.OCCNc1nc(Nc2cccc(F)c2)nc2ccccc12. The summed E-state index contributed by atoms with van der Waals surface area (Å²) in [4.78, 5) is 8.82. The number of hydrogen-bond acceptors (Lipinski definition) is 5. The molecule has 1 aromatic heterocycles. The third kappa shape index (κ3) is 4.06. The zero-order valence-electron chi connectivity index (χ0n) is 12.2. The van der Waals surface area contributed by atoms with Gasteiger partial charge in [0, 0.05) is 17.6 Å². The molecule has 2 aromatic carbocycles. The fourth-order valence-electron chi connectivity index (χ4n) is 2.14. The van der Waals surface area contributed by atoms with Crippen LogP contribution in [-0.2, 0) is 0 Å². The maximum absolute atomic E-state index is 13.2. The summed E-state index contributed by atoms with van der Waals surface area (Å²) >= 11 is 0. The molecule has 0 bridgehead atoms. The van der Waals surface area contributed by atoms with Crippen LogP contribution in [0.15, 0.2) is 48.5 Å². The highest BCUT2D eigenvalue weighted by molar-refractivity contribution is 5.90. The fourth-order valence-corrected chi connectivity index (χ4v) is 2.14. The van der Waals surface area contributed by atoms with Gasteiger partial charge in [0.15, 0.2) is 0 Å². The van der Waals surface area contributed by atoms with Crippen LogP contribution in [0.4, 0.5) is 21.8 Å². The van der Waals surface area contributed by atoms with Gasteiger partial charge in [-0.05, 0) is 30.3 Å². The number of halogens is 2. The van der Waals surface area contributed by atoms with Gasteiger partial charge in [0.2, 0.25) is 5.95 Å². The molecule has 5 nitrogen and oxygen atoms in total. The van der Waals surface area contributed by atoms with E-state index in [1.54, 1.807) is 12.1 Å². The maximum atomic E-state index is 13.2. The van der Waals surface area contributed by atoms with Gasteiger partial charge in [-0.15, -0.1) is 12.4 Å². The monoisotopic (exact) mass is 334 g/mol. The van der Waals surface area contributed by atoms with Gasteiger partial charge in [0.25, 0.3) is 0 Å². The van der Waals surface area contributed by atoms with Crippen LogP contribution in [0, 0.1) is 5.82 Å². The zero-order chi connectivity index (χ0) is 15.4. The van der Waals surface area contributed by atoms with Crippen LogP contribution in [-0.4, -0.2) is 28.2 Å². The van der Waals surface area contributed by atoms with E-state index in [-0.39, 0.29) is 24.8 Å². The Kier molecular flexibility index (Phi) is 5.67. The Morgan fingerprint density at radius 1 is 1.04 bits per heavy atom. The molecule has 0 unspecified atom stereocenters. The molecule has 0 saturated carbocycles. The van der Waals surface area contributed by atoms with Gasteiger partial charge in [0.1, 0.15) is 11.6 Å². The van der Waals surface area contributed by atoms with Crippen molar-refractivity contribution in [1.29, 1.82) is 0 Å². The highest BCUT2D eigenvalue weighted by atomic mass is 35.5. The number of aliphatic hydroxyl groups is 1. The maximum Gasteiger partial charge on any atom is 0.229 e. The van der Waals surface area contributed by atoms with E-state index in [9.17, 15) is 4.39 Å². The van der Waals surface area contributed by atoms with Crippen molar-refractivity contribution in [2.45, 2.75) is 0 Å². The first-order chi connectivity index (χ1) is 10.8. The largest absolute Gasteiger partial charge is 0.395 e. The van der Waals surface area contributed by atoms with Crippen molar-refractivity contribution >= 4 is 40.8 Å². The average Bonchev–Trinajstić information content (AvgIpc) is 2.52. The number of aliphatic hydroxyl groups excluding tert-OH is 1. The van der Waals surface area contributed by atoms with Crippen LogP contribution in [0.3, 0.4) is 0 Å². The summed E-state index contributed by atoms with van der Waals surface area (Å²) in [5.74, 6) is 0.660. The van der Waals surface area contributed by atoms with Crippen molar-refractivity contribution in [3.8, 4) is 0 Å². The van der Waals surface area contributed by atoms with Crippen LogP contribution in [0.5, 0.6) is 0 Å². The molecule has 3 rings (SSSR count). The Morgan fingerprint density at radius 3 is 2.65 bits per heavy atom. The Balaban J connectivity index is 0.00000192. The van der Waals surface area contributed by atoms with Crippen LogP contribution in [0.1, 0.15) is 0 Å². The van der Waals surface area contributed by atoms with E-state index >= 15 is 0 Å². The lowest BCUT2D eigenvalue weighted by Crippen LogP contribution is -2.09. The molecule has 0 radical (unpaired) electrons. The second-order valence-electron chi connectivity index (χ2n) is 4.70. The summed E-state index contributed by atoms with van der Waals surface area (Å²) in [7, 11) is 0. The molecule has 0 spiro atoms. The van der Waals surface area contributed by atoms with Crippen molar-refractivity contribution < 1.29 is 9.50 Å². The van der Waals surface area contributed by atoms with Gasteiger partial charge in [-0.2, -0.15) is 4.98 Å². The van der Waals surface area contributed by atoms with E-state index in [1.807, 2.05) is 24.3 Å². The molecule has 3 aromatic rings. The topological polar surface area (TPSA) is 70.1 Å². The van der Waals surface area contributed by atoms with Gasteiger partial charge < -0.3 is 15.7 Å². The Labute approximate surface area is 139 Å². The number of nitrogens with one attached hydrogen (secondary N) is 2. The number of nitrogens with zero attached hydrogens (tertiary/aromatic N) is 2. The molecule has 120 valence electrons. The van der Waals surface area contributed by atoms with E-state index in [2.05, 4.69) is 20.6 Å². The van der Waals surface area contributed by atoms with Crippen molar-refractivity contribution in [1.82, 2.24) is 9.97 Å². The first-order valence-corrected chi connectivity index (χ1v) is 6.90. The lowest BCUT2D eigenvalue weighted by molar-refractivity contribution is 0.311. The van der Waals surface area contributed by atoms with Gasteiger partial charge in [-0.1, -0.05) is 18.2 Å². The number of aromatic nitrogens is 2. The number of fused-ring (bicyclic) bond motifs is 1. The lowest BCUT2D eigenvalue weighted by atomic mass is 10.2. The molecule has 0 aliphatic carbocycles. The lowest BCUT2D eigenvalue weighted by Gasteiger charge is -2.11. The van der Waals surface area contributed by atoms with Crippen molar-refractivity contribution in [3.05, 3.63) is 54.3 Å². The molecule has 0 atom stereocenters. The molecule has 23 heavy (non-hydrogen) atoms. The Bertz CT molecular complexity index is 800. The first-order valence-electron chi connectivity index (χ1n) is 6.90. The summed E-state index contributed by atoms with van der Waals surface area (Å²) in [5, 5.41) is 15.9. The van der Waals surface area contributed by atoms with E-state index in [0.29, 0.717) is 24.0 Å². The molecule has 3 N–H and O–H groups in total. The van der Waals surface area contributed by atoms with E-state index in [0.717, 1.165) is 10.9 Å². The average molecular weight is 335 g/mol. The number of para-hydroxylation sites is 1. The van der Waals surface area contributed by atoms with Crippen LogP contribution >= 0.6 is 12.4 Å². The number of benzene rings is 2. The van der Waals surface area contributed by atoms with Crippen molar-refractivity contribution in [3.63, 3.8) is 0 Å². The smallest absolute Gasteiger partial charge is 0.229 e. The quantitative estimate of drug-likeness (QED) is 0.667. The molecule has 0 saturated heterocycles. The van der Waals surface area contributed by atoms with E-state index < -0.39 is 0 Å².